The molecule has 2 atom stereocenters. The first-order chi connectivity index (χ1) is 9.28. The molecule has 3 rings (SSSR count). The third-order valence-corrected chi connectivity index (χ3v) is 5.17. The van der Waals surface area contributed by atoms with Gasteiger partial charge in [-0.25, -0.2) is 9.97 Å². The van der Waals surface area contributed by atoms with Crippen LogP contribution in [0.25, 0.3) is 10.2 Å². The molecule has 1 saturated carbocycles. The number of anilines is 1. The average Bonchev–Trinajstić information content (AvgIpc) is 3.02. The molecule has 0 radical (unpaired) electrons. The van der Waals surface area contributed by atoms with E-state index < -0.39 is 0 Å². The number of aryl methyl sites for hydroxylation is 1. The van der Waals surface area contributed by atoms with Gasteiger partial charge in [0.15, 0.2) is 0 Å². The number of aromatic nitrogens is 2. The third-order valence-electron chi connectivity index (χ3n) is 3.98. The Bertz CT molecular complexity index is 566. The maximum absolute atomic E-state index is 6.11. The van der Waals surface area contributed by atoms with Crippen LogP contribution in [-0.2, 0) is 6.42 Å². The third kappa shape index (κ3) is 2.58. The number of nitrogens with one attached hydrogen (secondary N) is 1. The number of thiophene rings is 1. The lowest BCUT2D eigenvalue weighted by Crippen LogP contribution is -2.29. The van der Waals surface area contributed by atoms with Crippen molar-refractivity contribution in [2.75, 3.05) is 11.9 Å². The molecule has 2 heterocycles. The molecule has 3 N–H and O–H groups in total. The van der Waals surface area contributed by atoms with Crippen molar-refractivity contribution in [1.29, 1.82) is 0 Å². The monoisotopic (exact) mass is 276 g/mol. The smallest absolute Gasteiger partial charge is 0.138 e. The molecule has 1 fully saturated rings. The maximum atomic E-state index is 6.11. The van der Waals surface area contributed by atoms with E-state index in [1.807, 2.05) is 0 Å². The minimum atomic E-state index is 0.346. The minimum absolute atomic E-state index is 0.346. The van der Waals surface area contributed by atoms with Gasteiger partial charge in [-0.2, -0.15) is 0 Å². The van der Waals surface area contributed by atoms with Crippen LogP contribution in [0, 0.1) is 5.92 Å². The lowest BCUT2D eigenvalue weighted by molar-refractivity contribution is 0.505. The van der Waals surface area contributed by atoms with Crippen molar-refractivity contribution in [2.45, 2.75) is 38.6 Å². The Morgan fingerprint density at radius 1 is 1.42 bits per heavy atom. The van der Waals surface area contributed by atoms with Crippen LogP contribution in [0.2, 0.25) is 0 Å². The fourth-order valence-electron chi connectivity index (χ4n) is 2.77. The van der Waals surface area contributed by atoms with E-state index in [2.05, 4.69) is 28.3 Å². The van der Waals surface area contributed by atoms with E-state index >= 15 is 0 Å². The molecule has 19 heavy (non-hydrogen) atoms. The molecule has 1 aliphatic carbocycles. The van der Waals surface area contributed by atoms with Crippen LogP contribution in [-0.4, -0.2) is 22.6 Å². The predicted molar refractivity (Wildman–Crippen MR) is 80.6 cm³/mol. The molecule has 2 unspecified atom stereocenters. The second-order valence-corrected chi connectivity index (χ2v) is 6.36. The fraction of sp³-hybridized carbons (Fsp3) is 0.571. The number of hydrogen-bond donors (Lipinski definition) is 2. The summed E-state index contributed by atoms with van der Waals surface area (Å²) in [5.74, 6) is 1.54. The van der Waals surface area contributed by atoms with Crippen molar-refractivity contribution in [3.8, 4) is 0 Å². The van der Waals surface area contributed by atoms with E-state index in [1.165, 1.54) is 17.7 Å². The van der Waals surface area contributed by atoms with Crippen LogP contribution < -0.4 is 11.1 Å². The van der Waals surface area contributed by atoms with Gasteiger partial charge in [0.05, 0.1) is 5.39 Å². The van der Waals surface area contributed by atoms with Gasteiger partial charge in [0, 0.05) is 17.5 Å². The summed E-state index contributed by atoms with van der Waals surface area (Å²) < 4.78 is 0. The molecule has 2 aromatic rings. The van der Waals surface area contributed by atoms with E-state index in [9.17, 15) is 0 Å². The van der Waals surface area contributed by atoms with Gasteiger partial charge in [-0.3, -0.25) is 0 Å². The number of nitrogens with two attached hydrogens (primary N) is 1. The Morgan fingerprint density at radius 2 is 2.32 bits per heavy atom. The Labute approximate surface area is 117 Å². The summed E-state index contributed by atoms with van der Waals surface area (Å²) in [6.07, 6.45) is 6.34. The van der Waals surface area contributed by atoms with Crippen molar-refractivity contribution >= 4 is 27.4 Å². The summed E-state index contributed by atoms with van der Waals surface area (Å²) >= 11 is 1.75. The lowest BCUT2D eigenvalue weighted by atomic mass is 10.0. The Hall–Kier alpha value is -1.20. The largest absolute Gasteiger partial charge is 0.369 e. The molecular weight excluding hydrogens is 256 g/mol. The number of nitrogens with zero attached hydrogens (tertiary/aromatic N) is 2. The molecule has 1 aliphatic rings. The topological polar surface area (TPSA) is 63.8 Å². The van der Waals surface area contributed by atoms with Crippen molar-refractivity contribution in [2.24, 2.45) is 11.7 Å². The highest BCUT2D eigenvalue weighted by molar-refractivity contribution is 7.18. The van der Waals surface area contributed by atoms with Crippen LogP contribution >= 0.6 is 11.3 Å². The molecule has 0 bridgehead atoms. The Balaban J connectivity index is 1.78. The molecule has 0 saturated heterocycles. The highest BCUT2D eigenvalue weighted by atomic mass is 32.1. The van der Waals surface area contributed by atoms with Crippen molar-refractivity contribution in [1.82, 2.24) is 9.97 Å². The quantitative estimate of drug-likeness (QED) is 0.901. The standard InChI is InChI=1S/C14H20N4S/c1-2-10-6-11-13(17-8-18-14(11)19-10)16-7-9-4-3-5-12(9)15/h6,8-9,12H,2-5,7,15H2,1H3,(H,16,17,18). The molecule has 0 aromatic carbocycles. The first-order valence-corrected chi connectivity index (χ1v) is 7.82. The average molecular weight is 276 g/mol. The molecule has 5 heteroatoms. The summed E-state index contributed by atoms with van der Waals surface area (Å²) in [5, 5.41) is 4.62. The van der Waals surface area contributed by atoms with Gasteiger partial charge in [-0.15, -0.1) is 11.3 Å². The summed E-state index contributed by atoms with van der Waals surface area (Å²) in [7, 11) is 0. The SMILES string of the molecule is CCc1cc2c(NCC3CCCC3N)ncnc2s1. The number of fused-ring (bicyclic) bond motifs is 1. The molecule has 0 amide bonds. The van der Waals surface area contributed by atoms with Gasteiger partial charge in [0.25, 0.3) is 0 Å². The summed E-state index contributed by atoms with van der Waals surface area (Å²) in [5.41, 5.74) is 6.11. The number of hydrogen-bond acceptors (Lipinski definition) is 5. The van der Waals surface area contributed by atoms with E-state index in [1.54, 1.807) is 17.7 Å². The minimum Gasteiger partial charge on any atom is -0.369 e. The van der Waals surface area contributed by atoms with Crippen molar-refractivity contribution in [3.63, 3.8) is 0 Å². The second-order valence-electron chi connectivity index (χ2n) is 5.24. The van der Waals surface area contributed by atoms with Crippen LogP contribution in [0.4, 0.5) is 5.82 Å². The molecule has 4 nitrogen and oxygen atoms in total. The maximum Gasteiger partial charge on any atom is 0.138 e. The van der Waals surface area contributed by atoms with Crippen LogP contribution in [0.3, 0.4) is 0 Å². The van der Waals surface area contributed by atoms with E-state index in [0.717, 1.165) is 35.4 Å². The van der Waals surface area contributed by atoms with Gasteiger partial charge < -0.3 is 11.1 Å². The van der Waals surface area contributed by atoms with Gasteiger partial charge in [0.2, 0.25) is 0 Å². The van der Waals surface area contributed by atoms with E-state index in [-0.39, 0.29) is 0 Å². The molecule has 2 aromatic heterocycles. The van der Waals surface area contributed by atoms with E-state index in [0.29, 0.717) is 12.0 Å². The normalized spacial score (nSPS) is 23.1. The second kappa shape index (κ2) is 5.43. The highest BCUT2D eigenvalue weighted by Gasteiger charge is 2.23. The Morgan fingerprint density at radius 3 is 3.05 bits per heavy atom. The van der Waals surface area contributed by atoms with Gasteiger partial charge in [-0.1, -0.05) is 13.3 Å². The zero-order valence-electron chi connectivity index (χ0n) is 11.2. The summed E-state index contributed by atoms with van der Waals surface area (Å²) in [4.78, 5) is 11.2. The van der Waals surface area contributed by atoms with Gasteiger partial charge in [-0.05, 0) is 31.2 Å². The first-order valence-electron chi connectivity index (χ1n) is 7.00. The van der Waals surface area contributed by atoms with Crippen molar-refractivity contribution in [3.05, 3.63) is 17.3 Å². The summed E-state index contributed by atoms with van der Waals surface area (Å²) in [6, 6.07) is 2.55. The molecular formula is C14H20N4S. The van der Waals surface area contributed by atoms with Gasteiger partial charge in [0.1, 0.15) is 17.0 Å². The molecule has 0 spiro atoms. The van der Waals surface area contributed by atoms with Crippen molar-refractivity contribution < 1.29 is 0 Å². The van der Waals surface area contributed by atoms with Gasteiger partial charge >= 0.3 is 0 Å². The van der Waals surface area contributed by atoms with Crippen LogP contribution in [0.15, 0.2) is 12.4 Å². The zero-order chi connectivity index (χ0) is 13.2. The fourth-order valence-corrected chi connectivity index (χ4v) is 3.70. The lowest BCUT2D eigenvalue weighted by Gasteiger charge is -2.16. The van der Waals surface area contributed by atoms with E-state index in [4.69, 9.17) is 5.73 Å². The molecule has 0 aliphatic heterocycles. The molecule has 102 valence electrons. The van der Waals surface area contributed by atoms with Crippen LogP contribution in [0.5, 0.6) is 0 Å². The predicted octanol–water partition coefficient (Wildman–Crippen LogP) is 2.79. The summed E-state index contributed by atoms with van der Waals surface area (Å²) in [6.45, 7) is 3.09. The first kappa shape index (κ1) is 12.8. The highest BCUT2D eigenvalue weighted by Crippen LogP contribution is 2.29. The Kier molecular flexibility index (Phi) is 3.66. The number of rotatable bonds is 4. The zero-order valence-corrected chi connectivity index (χ0v) is 12.0. The van der Waals surface area contributed by atoms with Crippen LogP contribution in [0.1, 0.15) is 31.1 Å².